The summed E-state index contributed by atoms with van der Waals surface area (Å²) in [5.41, 5.74) is 0. The topological polar surface area (TPSA) is 37.3 Å². The standard InChI is InChI=1S/C7H10O2/c8-5-4-6-2-1-3-7(6)9/h1-2,5-7,9H,3-4H2. The van der Waals surface area contributed by atoms with E-state index in [0.717, 1.165) is 6.29 Å². The lowest BCUT2D eigenvalue weighted by Crippen LogP contribution is -2.13. The van der Waals surface area contributed by atoms with Crippen LogP contribution in [0, 0.1) is 5.92 Å². The first-order valence-corrected chi connectivity index (χ1v) is 3.13. The van der Waals surface area contributed by atoms with Crippen LogP contribution in [-0.4, -0.2) is 17.5 Å². The van der Waals surface area contributed by atoms with Gasteiger partial charge in [0.2, 0.25) is 0 Å². The minimum atomic E-state index is -0.310. The molecule has 2 nitrogen and oxygen atoms in total. The van der Waals surface area contributed by atoms with E-state index >= 15 is 0 Å². The number of hydrogen-bond acceptors (Lipinski definition) is 2. The van der Waals surface area contributed by atoms with Crippen molar-refractivity contribution in [2.75, 3.05) is 0 Å². The molecular weight excluding hydrogens is 116 g/mol. The molecule has 0 fully saturated rings. The van der Waals surface area contributed by atoms with Crippen LogP contribution in [0.4, 0.5) is 0 Å². The van der Waals surface area contributed by atoms with E-state index in [0.29, 0.717) is 12.8 Å². The van der Waals surface area contributed by atoms with E-state index in [1.54, 1.807) is 0 Å². The molecule has 2 unspecified atom stereocenters. The lowest BCUT2D eigenvalue weighted by Gasteiger charge is -2.08. The Bertz CT molecular complexity index is 129. The van der Waals surface area contributed by atoms with Crippen molar-refractivity contribution in [3.8, 4) is 0 Å². The van der Waals surface area contributed by atoms with Crippen LogP contribution < -0.4 is 0 Å². The summed E-state index contributed by atoms with van der Waals surface area (Å²) in [4.78, 5) is 9.96. The van der Waals surface area contributed by atoms with Crippen LogP contribution in [0.3, 0.4) is 0 Å². The van der Waals surface area contributed by atoms with E-state index in [1.165, 1.54) is 0 Å². The zero-order valence-corrected chi connectivity index (χ0v) is 5.16. The van der Waals surface area contributed by atoms with Gasteiger partial charge >= 0.3 is 0 Å². The Labute approximate surface area is 54.2 Å². The summed E-state index contributed by atoms with van der Waals surface area (Å²) in [6, 6.07) is 0. The van der Waals surface area contributed by atoms with E-state index in [4.69, 9.17) is 5.11 Å². The van der Waals surface area contributed by atoms with Gasteiger partial charge in [-0.1, -0.05) is 12.2 Å². The molecule has 0 radical (unpaired) electrons. The number of aliphatic hydroxyl groups is 1. The molecule has 0 saturated carbocycles. The molecule has 0 spiro atoms. The summed E-state index contributed by atoms with van der Waals surface area (Å²) in [5, 5.41) is 9.10. The lowest BCUT2D eigenvalue weighted by atomic mass is 10.0. The molecule has 0 aromatic heterocycles. The number of aliphatic hydroxyl groups excluding tert-OH is 1. The second-order valence-corrected chi connectivity index (χ2v) is 2.30. The third kappa shape index (κ3) is 1.39. The molecule has 1 aliphatic rings. The fourth-order valence-corrected chi connectivity index (χ4v) is 1.04. The van der Waals surface area contributed by atoms with Crippen molar-refractivity contribution < 1.29 is 9.90 Å². The van der Waals surface area contributed by atoms with Gasteiger partial charge in [-0.2, -0.15) is 0 Å². The maximum atomic E-state index is 9.96. The predicted octanol–water partition coefficient (Wildman–Crippen LogP) is 0.512. The Balaban J connectivity index is 2.39. The lowest BCUT2D eigenvalue weighted by molar-refractivity contribution is -0.108. The number of hydrogen-bond donors (Lipinski definition) is 1. The van der Waals surface area contributed by atoms with Gasteiger partial charge in [-0.25, -0.2) is 0 Å². The summed E-state index contributed by atoms with van der Waals surface area (Å²) in [7, 11) is 0. The minimum absolute atomic E-state index is 0.0856. The highest BCUT2D eigenvalue weighted by Crippen LogP contribution is 2.19. The van der Waals surface area contributed by atoms with Gasteiger partial charge in [-0.05, 0) is 6.42 Å². The molecule has 0 aromatic rings. The molecule has 0 amide bonds. The van der Waals surface area contributed by atoms with Crippen molar-refractivity contribution in [3.63, 3.8) is 0 Å². The van der Waals surface area contributed by atoms with E-state index in [-0.39, 0.29) is 12.0 Å². The zero-order valence-electron chi connectivity index (χ0n) is 5.16. The number of carbonyl (C=O) groups is 1. The molecule has 0 aliphatic heterocycles. The highest BCUT2D eigenvalue weighted by molar-refractivity contribution is 5.50. The van der Waals surface area contributed by atoms with Crippen LogP contribution >= 0.6 is 0 Å². The highest BCUT2D eigenvalue weighted by atomic mass is 16.3. The Kier molecular flexibility index (Phi) is 2.01. The number of aldehydes is 1. The van der Waals surface area contributed by atoms with E-state index < -0.39 is 0 Å². The molecule has 2 atom stereocenters. The minimum Gasteiger partial charge on any atom is -0.392 e. The van der Waals surface area contributed by atoms with Gasteiger partial charge in [-0.3, -0.25) is 0 Å². The molecule has 0 aromatic carbocycles. The average molecular weight is 126 g/mol. The second kappa shape index (κ2) is 2.78. The highest BCUT2D eigenvalue weighted by Gasteiger charge is 2.18. The molecule has 1 aliphatic carbocycles. The van der Waals surface area contributed by atoms with Gasteiger partial charge in [-0.15, -0.1) is 0 Å². The molecule has 50 valence electrons. The summed E-state index contributed by atoms with van der Waals surface area (Å²) in [6.45, 7) is 0. The quantitative estimate of drug-likeness (QED) is 0.432. The Morgan fingerprint density at radius 2 is 2.56 bits per heavy atom. The Hall–Kier alpha value is -0.630. The second-order valence-electron chi connectivity index (χ2n) is 2.30. The molecular formula is C7H10O2. The maximum Gasteiger partial charge on any atom is 0.120 e. The fraction of sp³-hybridized carbons (Fsp3) is 0.571. The third-order valence-corrected chi connectivity index (χ3v) is 1.62. The van der Waals surface area contributed by atoms with Crippen LogP contribution in [0.5, 0.6) is 0 Å². The summed E-state index contributed by atoms with van der Waals surface area (Å²) < 4.78 is 0. The molecule has 1 N–H and O–H groups in total. The summed E-state index contributed by atoms with van der Waals surface area (Å²) in [6.07, 6.45) is 5.52. The third-order valence-electron chi connectivity index (χ3n) is 1.62. The largest absolute Gasteiger partial charge is 0.392 e. The maximum absolute atomic E-state index is 9.96. The van der Waals surface area contributed by atoms with Gasteiger partial charge in [0.1, 0.15) is 6.29 Å². The van der Waals surface area contributed by atoms with Crippen molar-refractivity contribution in [2.45, 2.75) is 18.9 Å². The van der Waals surface area contributed by atoms with E-state index in [2.05, 4.69) is 0 Å². The van der Waals surface area contributed by atoms with Crippen molar-refractivity contribution in [1.29, 1.82) is 0 Å². The zero-order chi connectivity index (χ0) is 6.69. The Morgan fingerprint density at radius 3 is 3.00 bits per heavy atom. The van der Waals surface area contributed by atoms with Gasteiger partial charge in [0, 0.05) is 12.3 Å². The smallest absolute Gasteiger partial charge is 0.120 e. The molecule has 0 saturated heterocycles. The van der Waals surface area contributed by atoms with E-state index in [9.17, 15) is 4.79 Å². The number of rotatable bonds is 2. The van der Waals surface area contributed by atoms with Crippen LogP contribution in [0.1, 0.15) is 12.8 Å². The van der Waals surface area contributed by atoms with Crippen molar-refractivity contribution in [1.82, 2.24) is 0 Å². The average Bonchev–Trinajstić information content (AvgIpc) is 2.18. The van der Waals surface area contributed by atoms with Crippen molar-refractivity contribution in [3.05, 3.63) is 12.2 Å². The van der Waals surface area contributed by atoms with Crippen molar-refractivity contribution >= 4 is 6.29 Å². The first-order chi connectivity index (χ1) is 4.34. The summed E-state index contributed by atoms with van der Waals surface area (Å²) in [5.74, 6) is 0.0856. The van der Waals surface area contributed by atoms with Crippen LogP contribution in [0.25, 0.3) is 0 Å². The molecule has 9 heavy (non-hydrogen) atoms. The summed E-state index contributed by atoms with van der Waals surface area (Å²) >= 11 is 0. The fourth-order valence-electron chi connectivity index (χ4n) is 1.04. The normalized spacial score (nSPS) is 33.0. The van der Waals surface area contributed by atoms with Gasteiger partial charge in [0.25, 0.3) is 0 Å². The van der Waals surface area contributed by atoms with Crippen LogP contribution in [0.2, 0.25) is 0 Å². The Morgan fingerprint density at radius 1 is 1.78 bits per heavy atom. The molecule has 2 heteroatoms. The van der Waals surface area contributed by atoms with E-state index in [1.807, 2.05) is 12.2 Å². The van der Waals surface area contributed by atoms with Gasteiger partial charge < -0.3 is 9.90 Å². The first-order valence-electron chi connectivity index (χ1n) is 3.13. The van der Waals surface area contributed by atoms with Crippen LogP contribution in [0.15, 0.2) is 12.2 Å². The monoisotopic (exact) mass is 126 g/mol. The molecule has 0 heterocycles. The van der Waals surface area contributed by atoms with Gasteiger partial charge in [0.05, 0.1) is 6.10 Å². The number of carbonyl (C=O) groups excluding carboxylic acids is 1. The van der Waals surface area contributed by atoms with Crippen molar-refractivity contribution in [2.24, 2.45) is 5.92 Å². The molecule has 0 bridgehead atoms. The predicted molar refractivity (Wildman–Crippen MR) is 33.9 cm³/mol. The first kappa shape index (κ1) is 6.49. The van der Waals surface area contributed by atoms with Crippen LogP contribution in [-0.2, 0) is 4.79 Å². The SMILES string of the molecule is O=CCC1C=CCC1O. The molecule has 1 rings (SSSR count). The van der Waals surface area contributed by atoms with Gasteiger partial charge in [0.15, 0.2) is 0 Å².